The molecule has 0 aliphatic carbocycles. The molecule has 6 nitrogen and oxygen atoms in total. The molecule has 0 unspecified atom stereocenters. The van der Waals surface area contributed by atoms with Crippen LogP contribution in [0.4, 0.5) is 0 Å². The summed E-state index contributed by atoms with van der Waals surface area (Å²) < 4.78 is 1.83. The van der Waals surface area contributed by atoms with E-state index >= 15 is 0 Å². The number of aromatic nitrogens is 3. The van der Waals surface area contributed by atoms with Crippen LogP contribution in [0.15, 0.2) is 36.0 Å². The number of rotatable bonds is 4. The molecule has 0 aromatic carbocycles. The van der Waals surface area contributed by atoms with Crippen LogP contribution < -0.4 is 5.32 Å². The van der Waals surface area contributed by atoms with Gasteiger partial charge in [0.15, 0.2) is 0 Å². The predicted octanol–water partition coefficient (Wildman–Crippen LogP) is 3.48. The highest BCUT2D eigenvalue weighted by Gasteiger charge is 2.29. The second kappa shape index (κ2) is 8.37. The normalized spacial score (nSPS) is 15.1. The maximum Gasteiger partial charge on any atom is 0.273 e. The topological polar surface area (TPSA) is 62.5 Å². The molecule has 1 saturated heterocycles. The summed E-state index contributed by atoms with van der Waals surface area (Å²) in [5, 5.41) is 10.4. The molecule has 3 aromatic heterocycles. The third-order valence-corrected chi connectivity index (χ3v) is 5.75. The Morgan fingerprint density at radius 1 is 1.33 bits per heavy atom. The fourth-order valence-electron chi connectivity index (χ4n) is 3.63. The molecule has 3 aromatic rings. The van der Waals surface area contributed by atoms with Gasteiger partial charge in [-0.2, -0.15) is 5.10 Å². The molecule has 4 heterocycles. The Labute approximate surface area is 169 Å². The van der Waals surface area contributed by atoms with E-state index in [4.69, 9.17) is 0 Å². The summed E-state index contributed by atoms with van der Waals surface area (Å²) in [6.45, 7) is 6.09. The molecule has 0 atom stereocenters. The lowest BCUT2D eigenvalue weighted by Crippen LogP contribution is -2.49. The van der Waals surface area contributed by atoms with E-state index in [9.17, 15) is 4.79 Å². The molecule has 1 amide bonds. The first kappa shape index (κ1) is 19.8. The number of piperidine rings is 1. The standard InChI is InChI=1S/C19H23N5OS.ClH/c1-13(2)24(14-6-8-20-9-7-14)19(25)16-12-26-18(22-16)15-11-21-23-10-4-3-5-17(15)23;/h3-5,10-14,20H,6-9H2,1-2H3;1H. The van der Waals surface area contributed by atoms with Crippen molar-refractivity contribution >= 4 is 35.2 Å². The Morgan fingerprint density at radius 2 is 2.11 bits per heavy atom. The SMILES string of the molecule is CC(C)N(C(=O)c1csc(-c2cnn3ccccc23)n1)C1CCNCC1.Cl. The Balaban J connectivity index is 0.00000210. The van der Waals surface area contributed by atoms with Gasteiger partial charge in [0.2, 0.25) is 0 Å². The highest BCUT2D eigenvalue weighted by molar-refractivity contribution is 7.13. The third-order valence-electron chi connectivity index (χ3n) is 4.87. The number of amides is 1. The molecule has 1 aliphatic heterocycles. The molecule has 4 rings (SSSR count). The monoisotopic (exact) mass is 405 g/mol. The molecule has 0 saturated carbocycles. The zero-order chi connectivity index (χ0) is 18.1. The zero-order valence-electron chi connectivity index (χ0n) is 15.5. The quantitative estimate of drug-likeness (QED) is 0.721. The van der Waals surface area contributed by atoms with E-state index in [1.54, 1.807) is 0 Å². The summed E-state index contributed by atoms with van der Waals surface area (Å²) in [5.41, 5.74) is 2.50. The number of hydrogen-bond donors (Lipinski definition) is 1. The van der Waals surface area contributed by atoms with Gasteiger partial charge in [0.25, 0.3) is 5.91 Å². The van der Waals surface area contributed by atoms with Crippen molar-refractivity contribution in [3.8, 4) is 10.6 Å². The van der Waals surface area contributed by atoms with Crippen LogP contribution in [-0.2, 0) is 0 Å². The number of carbonyl (C=O) groups is 1. The van der Waals surface area contributed by atoms with Gasteiger partial charge in [-0.3, -0.25) is 4.79 Å². The smallest absolute Gasteiger partial charge is 0.273 e. The van der Waals surface area contributed by atoms with Crippen LogP contribution in [0.1, 0.15) is 37.2 Å². The Hall–Kier alpha value is -1.96. The number of thiazole rings is 1. The molecule has 0 spiro atoms. The summed E-state index contributed by atoms with van der Waals surface area (Å²) >= 11 is 1.50. The maximum absolute atomic E-state index is 13.2. The molecule has 144 valence electrons. The number of halogens is 1. The Bertz CT molecular complexity index is 916. The number of nitrogens with zero attached hydrogens (tertiary/aromatic N) is 4. The minimum absolute atomic E-state index is 0. The minimum Gasteiger partial charge on any atom is -0.332 e. The van der Waals surface area contributed by atoms with Crippen LogP contribution in [0.25, 0.3) is 16.1 Å². The minimum atomic E-state index is 0. The molecule has 0 bridgehead atoms. The molecule has 1 fully saturated rings. The lowest BCUT2D eigenvalue weighted by atomic mass is 10.0. The number of carbonyl (C=O) groups excluding carboxylic acids is 1. The van der Waals surface area contributed by atoms with Crippen molar-refractivity contribution in [1.82, 2.24) is 24.8 Å². The van der Waals surface area contributed by atoms with E-state index in [1.807, 2.05) is 45.4 Å². The van der Waals surface area contributed by atoms with Crippen LogP contribution in [0.2, 0.25) is 0 Å². The van der Waals surface area contributed by atoms with Gasteiger partial charge in [0, 0.05) is 23.7 Å². The summed E-state index contributed by atoms with van der Waals surface area (Å²) in [5.74, 6) is 0.0332. The lowest BCUT2D eigenvalue weighted by molar-refractivity contribution is 0.0560. The third kappa shape index (κ3) is 3.85. The molecule has 1 aliphatic rings. The largest absolute Gasteiger partial charge is 0.332 e. The van der Waals surface area contributed by atoms with Crippen molar-refractivity contribution < 1.29 is 4.79 Å². The van der Waals surface area contributed by atoms with Crippen molar-refractivity contribution in [1.29, 1.82) is 0 Å². The number of pyridine rings is 1. The van der Waals surface area contributed by atoms with Crippen molar-refractivity contribution in [3.63, 3.8) is 0 Å². The van der Waals surface area contributed by atoms with Crippen LogP contribution in [0.3, 0.4) is 0 Å². The van der Waals surface area contributed by atoms with Gasteiger partial charge >= 0.3 is 0 Å². The van der Waals surface area contributed by atoms with E-state index in [1.165, 1.54) is 11.3 Å². The first-order chi connectivity index (χ1) is 12.6. The fourth-order valence-corrected chi connectivity index (χ4v) is 4.45. The zero-order valence-corrected chi connectivity index (χ0v) is 17.1. The van der Waals surface area contributed by atoms with Crippen molar-refractivity contribution in [2.75, 3.05) is 13.1 Å². The number of fused-ring (bicyclic) bond motifs is 1. The van der Waals surface area contributed by atoms with Gasteiger partial charge < -0.3 is 10.2 Å². The molecule has 27 heavy (non-hydrogen) atoms. The van der Waals surface area contributed by atoms with Crippen LogP contribution in [-0.4, -0.2) is 50.6 Å². The molecule has 8 heteroatoms. The van der Waals surface area contributed by atoms with E-state index < -0.39 is 0 Å². The number of hydrogen-bond acceptors (Lipinski definition) is 5. The summed E-state index contributed by atoms with van der Waals surface area (Å²) in [6, 6.07) is 6.39. The second-order valence-corrected chi connectivity index (χ2v) is 7.77. The van der Waals surface area contributed by atoms with Crippen molar-refractivity contribution in [3.05, 3.63) is 41.7 Å². The van der Waals surface area contributed by atoms with Gasteiger partial charge in [0.1, 0.15) is 10.7 Å². The number of nitrogens with one attached hydrogen (secondary N) is 1. The second-order valence-electron chi connectivity index (χ2n) is 6.91. The lowest BCUT2D eigenvalue weighted by Gasteiger charge is -2.37. The highest BCUT2D eigenvalue weighted by Crippen LogP contribution is 2.29. The average Bonchev–Trinajstić information content (AvgIpc) is 3.29. The van der Waals surface area contributed by atoms with Crippen LogP contribution >= 0.6 is 23.7 Å². The summed E-state index contributed by atoms with van der Waals surface area (Å²) in [6.07, 6.45) is 5.72. The van der Waals surface area contributed by atoms with Gasteiger partial charge in [-0.05, 0) is 51.9 Å². The predicted molar refractivity (Wildman–Crippen MR) is 111 cm³/mol. The summed E-state index contributed by atoms with van der Waals surface area (Å²) in [7, 11) is 0. The van der Waals surface area contributed by atoms with Crippen LogP contribution in [0, 0.1) is 0 Å². The van der Waals surface area contributed by atoms with E-state index in [-0.39, 0.29) is 30.4 Å². The van der Waals surface area contributed by atoms with Gasteiger partial charge in [-0.1, -0.05) is 6.07 Å². The van der Waals surface area contributed by atoms with Gasteiger partial charge in [-0.15, -0.1) is 23.7 Å². The summed E-state index contributed by atoms with van der Waals surface area (Å²) in [4.78, 5) is 19.8. The first-order valence-electron chi connectivity index (χ1n) is 9.07. The molecule has 1 N–H and O–H groups in total. The molecular formula is C19H24ClN5OS. The van der Waals surface area contributed by atoms with Gasteiger partial charge in [-0.25, -0.2) is 9.50 Å². The maximum atomic E-state index is 13.2. The van der Waals surface area contributed by atoms with Crippen molar-refractivity contribution in [2.24, 2.45) is 0 Å². The van der Waals surface area contributed by atoms with Crippen molar-refractivity contribution in [2.45, 2.75) is 38.8 Å². The Kier molecular flexibility index (Phi) is 6.14. The van der Waals surface area contributed by atoms with E-state index in [0.29, 0.717) is 5.69 Å². The van der Waals surface area contributed by atoms with E-state index in [0.717, 1.165) is 42.0 Å². The van der Waals surface area contributed by atoms with Gasteiger partial charge in [0.05, 0.1) is 17.3 Å². The Morgan fingerprint density at radius 3 is 2.85 bits per heavy atom. The fraction of sp³-hybridized carbons (Fsp3) is 0.421. The average molecular weight is 406 g/mol. The van der Waals surface area contributed by atoms with E-state index in [2.05, 4.69) is 29.2 Å². The first-order valence-corrected chi connectivity index (χ1v) is 9.95. The molecular weight excluding hydrogens is 382 g/mol. The van der Waals surface area contributed by atoms with Crippen LogP contribution in [0.5, 0.6) is 0 Å². The molecule has 0 radical (unpaired) electrons. The highest BCUT2D eigenvalue weighted by atomic mass is 35.5.